The number of hydrogen-bond donors (Lipinski definition) is 2. The van der Waals surface area contributed by atoms with Gasteiger partial charge in [0.1, 0.15) is 0 Å². The van der Waals surface area contributed by atoms with Gasteiger partial charge in [-0.15, -0.1) is 12.4 Å². The normalized spacial score (nSPS) is 32.1. The number of carboxylic acid groups (broad SMARTS) is 1. The molecule has 0 unspecified atom stereocenters. The Morgan fingerprint density at radius 2 is 2.00 bits per heavy atom. The van der Waals surface area contributed by atoms with Crippen LogP contribution in [0.2, 0.25) is 0 Å². The summed E-state index contributed by atoms with van der Waals surface area (Å²) in [5.74, 6) is -0.850. The van der Waals surface area contributed by atoms with Crippen molar-refractivity contribution in [3.05, 3.63) is 0 Å². The van der Waals surface area contributed by atoms with E-state index in [2.05, 4.69) is 0 Å². The number of nitrogens with two attached hydrogens (primary N) is 1. The average molecular weight is 152 g/mol. The Hall–Kier alpha value is -0.280. The van der Waals surface area contributed by atoms with Gasteiger partial charge >= 0.3 is 5.97 Å². The van der Waals surface area contributed by atoms with E-state index in [-0.39, 0.29) is 24.4 Å². The zero-order chi connectivity index (χ0) is 6.15. The van der Waals surface area contributed by atoms with Crippen LogP contribution in [0, 0.1) is 5.92 Å². The van der Waals surface area contributed by atoms with Crippen LogP contribution in [0.1, 0.15) is 12.8 Å². The van der Waals surface area contributed by atoms with E-state index in [9.17, 15) is 4.79 Å². The fourth-order valence-corrected chi connectivity index (χ4v) is 0.864. The summed E-state index contributed by atoms with van der Waals surface area (Å²) >= 11 is 0. The minimum atomic E-state index is -0.702. The van der Waals surface area contributed by atoms with Crippen molar-refractivity contribution in [2.75, 3.05) is 0 Å². The van der Waals surface area contributed by atoms with Crippen LogP contribution in [0.4, 0.5) is 0 Å². The van der Waals surface area contributed by atoms with Crippen molar-refractivity contribution in [3.8, 4) is 0 Å². The average Bonchev–Trinajstić information content (AvgIpc) is 1.57. The Morgan fingerprint density at radius 1 is 1.56 bits per heavy atom. The molecular weight excluding hydrogens is 142 g/mol. The van der Waals surface area contributed by atoms with Gasteiger partial charge in [-0.3, -0.25) is 4.79 Å². The first-order valence-corrected chi connectivity index (χ1v) is 2.68. The van der Waals surface area contributed by atoms with Crippen molar-refractivity contribution in [3.63, 3.8) is 0 Å². The molecule has 1 saturated carbocycles. The van der Waals surface area contributed by atoms with E-state index in [1.54, 1.807) is 0 Å². The maximum atomic E-state index is 10.1. The first kappa shape index (κ1) is 8.72. The molecule has 3 nitrogen and oxygen atoms in total. The molecule has 0 radical (unpaired) electrons. The van der Waals surface area contributed by atoms with Gasteiger partial charge in [0.2, 0.25) is 0 Å². The van der Waals surface area contributed by atoms with E-state index in [1.165, 1.54) is 0 Å². The molecule has 0 aromatic carbocycles. The molecule has 0 heterocycles. The number of rotatable bonds is 1. The van der Waals surface area contributed by atoms with E-state index in [1.807, 2.05) is 0 Å². The van der Waals surface area contributed by atoms with Gasteiger partial charge in [-0.2, -0.15) is 0 Å². The largest absolute Gasteiger partial charge is 0.481 e. The Kier molecular flexibility index (Phi) is 2.94. The summed E-state index contributed by atoms with van der Waals surface area (Å²) in [7, 11) is 0. The summed E-state index contributed by atoms with van der Waals surface area (Å²) in [6.45, 7) is 0. The fraction of sp³-hybridized carbons (Fsp3) is 0.800. The summed E-state index contributed by atoms with van der Waals surface area (Å²) in [5, 5.41) is 8.30. The molecule has 1 aliphatic rings. The molecule has 0 amide bonds. The molecule has 0 aromatic heterocycles. The van der Waals surface area contributed by atoms with Gasteiger partial charge < -0.3 is 10.8 Å². The highest BCUT2D eigenvalue weighted by atomic mass is 35.5. The van der Waals surface area contributed by atoms with Crippen molar-refractivity contribution in [2.24, 2.45) is 11.7 Å². The maximum Gasteiger partial charge on any atom is 0.306 e. The highest BCUT2D eigenvalue weighted by molar-refractivity contribution is 5.85. The van der Waals surface area contributed by atoms with Crippen LogP contribution in [0.25, 0.3) is 0 Å². The van der Waals surface area contributed by atoms with Crippen LogP contribution in [-0.4, -0.2) is 17.1 Å². The van der Waals surface area contributed by atoms with Gasteiger partial charge in [0, 0.05) is 6.04 Å². The maximum absolute atomic E-state index is 10.1. The second-order valence-corrected chi connectivity index (χ2v) is 2.27. The first-order valence-electron chi connectivity index (χ1n) is 2.68. The molecule has 9 heavy (non-hydrogen) atoms. The van der Waals surface area contributed by atoms with E-state index >= 15 is 0 Å². The first-order chi connectivity index (χ1) is 3.70. The molecule has 0 spiro atoms. The van der Waals surface area contributed by atoms with Gasteiger partial charge in [0.05, 0.1) is 5.92 Å². The van der Waals surface area contributed by atoms with Crippen LogP contribution in [0.15, 0.2) is 0 Å². The monoisotopic (exact) mass is 151 g/mol. The number of carbonyl (C=O) groups is 1. The molecule has 4 heteroatoms. The highest BCUT2D eigenvalue weighted by Gasteiger charge is 2.31. The number of carboxylic acids is 1. The lowest BCUT2D eigenvalue weighted by Gasteiger charge is -2.28. The molecule has 1 fully saturated rings. The molecule has 0 aliphatic heterocycles. The zero-order valence-electron chi connectivity index (χ0n) is 4.91. The molecule has 0 aromatic rings. The predicted molar refractivity (Wildman–Crippen MR) is 35.6 cm³/mol. The fourth-order valence-electron chi connectivity index (χ4n) is 0.864. The van der Waals surface area contributed by atoms with E-state index in [0.717, 1.165) is 0 Å². The highest BCUT2D eigenvalue weighted by Crippen LogP contribution is 2.24. The Bertz CT molecular complexity index is 112. The lowest BCUT2D eigenvalue weighted by atomic mass is 9.81. The quantitative estimate of drug-likeness (QED) is 0.564. The van der Waals surface area contributed by atoms with Crippen LogP contribution < -0.4 is 5.73 Å². The summed E-state index contributed by atoms with van der Waals surface area (Å²) in [6.07, 6.45) is 1.32. The summed E-state index contributed by atoms with van der Waals surface area (Å²) in [4.78, 5) is 10.1. The molecule has 3 N–H and O–H groups in total. The van der Waals surface area contributed by atoms with Gasteiger partial charge in [0.15, 0.2) is 0 Å². The van der Waals surface area contributed by atoms with Crippen LogP contribution in [-0.2, 0) is 4.79 Å². The van der Waals surface area contributed by atoms with Gasteiger partial charge in [-0.25, -0.2) is 0 Å². The van der Waals surface area contributed by atoms with E-state index in [0.29, 0.717) is 12.8 Å². The molecular formula is C5H10ClNO2. The molecule has 1 aliphatic carbocycles. The Morgan fingerprint density at radius 3 is 2.11 bits per heavy atom. The second-order valence-electron chi connectivity index (χ2n) is 2.27. The van der Waals surface area contributed by atoms with Crippen LogP contribution in [0.3, 0.4) is 0 Å². The molecule has 0 atom stereocenters. The number of hydrogen-bond acceptors (Lipinski definition) is 2. The lowest BCUT2D eigenvalue weighted by Crippen LogP contribution is -2.40. The van der Waals surface area contributed by atoms with E-state index < -0.39 is 5.97 Å². The van der Waals surface area contributed by atoms with Crippen molar-refractivity contribution >= 4 is 18.4 Å². The summed E-state index contributed by atoms with van der Waals surface area (Å²) < 4.78 is 0. The van der Waals surface area contributed by atoms with Gasteiger partial charge in [-0.05, 0) is 12.8 Å². The molecule has 0 bridgehead atoms. The van der Waals surface area contributed by atoms with Crippen LogP contribution in [0.5, 0.6) is 0 Å². The van der Waals surface area contributed by atoms with Crippen molar-refractivity contribution in [1.82, 2.24) is 0 Å². The Labute approximate surface area is 59.6 Å². The van der Waals surface area contributed by atoms with Crippen LogP contribution >= 0.6 is 12.4 Å². The smallest absolute Gasteiger partial charge is 0.306 e. The summed E-state index contributed by atoms with van der Waals surface area (Å²) in [6, 6.07) is 0.149. The summed E-state index contributed by atoms with van der Waals surface area (Å²) in [5.41, 5.74) is 5.34. The molecule has 54 valence electrons. The van der Waals surface area contributed by atoms with E-state index in [4.69, 9.17) is 10.8 Å². The number of aliphatic carboxylic acids is 1. The minimum absolute atomic E-state index is 0. The third-order valence-corrected chi connectivity index (χ3v) is 1.52. The zero-order valence-corrected chi connectivity index (χ0v) is 5.73. The van der Waals surface area contributed by atoms with Crippen molar-refractivity contribution in [1.29, 1.82) is 0 Å². The third kappa shape index (κ3) is 1.84. The predicted octanol–water partition coefficient (Wildman–Crippen LogP) is 0.230. The minimum Gasteiger partial charge on any atom is -0.481 e. The molecule has 1 rings (SSSR count). The molecule has 0 saturated heterocycles. The third-order valence-electron chi connectivity index (χ3n) is 1.52. The van der Waals surface area contributed by atoms with Gasteiger partial charge in [0.25, 0.3) is 0 Å². The Balaban J connectivity index is 0.000000640. The topological polar surface area (TPSA) is 63.3 Å². The van der Waals surface area contributed by atoms with Crippen molar-refractivity contribution in [2.45, 2.75) is 18.9 Å². The van der Waals surface area contributed by atoms with Gasteiger partial charge in [-0.1, -0.05) is 0 Å². The second kappa shape index (κ2) is 3.03. The standard InChI is InChI=1S/C5H9NO2.ClH/c6-4-1-3(2-4)5(7)8;/h3-4H,1-2,6H2,(H,7,8);1H/t3-,4-;. The SMILES string of the molecule is Cl.N[C@H]1C[C@H](C(=O)O)C1. The lowest BCUT2D eigenvalue weighted by molar-refractivity contribution is -0.145. The number of halogens is 1. The van der Waals surface area contributed by atoms with Crippen molar-refractivity contribution < 1.29 is 9.90 Å².